The topological polar surface area (TPSA) is 111 Å². The van der Waals surface area contributed by atoms with Crippen LogP contribution >= 0.6 is 11.6 Å². The number of sulfonamides is 1. The Morgan fingerprint density at radius 2 is 2.14 bits per heavy atom. The van der Waals surface area contributed by atoms with E-state index in [1.165, 1.54) is 22.2 Å². The predicted octanol–water partition coefficient (Wildman–Crippen LogP) is 0.315. The van der Waals surface area contributed by atoms with Crippen molar-refractivity contribution in [3.05, 3.63) is 35.9 Å². The highest BCUT2D eigenvalue weighted by atomic mass is 35.5. The lowest BCUT2D eigenvalue weighted by atomic mass is 10.2. The molecular formula is C12H12ClN5O3S. The second kappa shape index (κ2) is 5.34. The van der Waals surface area contributed by atoms with Crippen molar-refractivity contribution >= 4 is 33.2 Å². The number of nitrogens with zero attached hydrogens (tertiary/aromatic N) is 4. The second-order valence-electron chi connectivity index (χ2n) is 4.90. The first-order valence-corrected chi connectivity index (χ1v) is 8.31. The number of amides is 1. The van der Waals surface area contributed by atoms with Crippen molar-refractivity contribution in [1.29, 1.82) is 0 Å². The molecule has 2 aromatic rings. The fourth-order valence-corrected chi connectivity index (χ4v) is 3.32. The molecular weight excluding hydrogens is 330 g/mol. The van der Waals surface area contributed by atoms with Gasteiger partial charge in [-0.05, 0) is 18.2 Å². The molecule has 10 heteroatoms. The number of halogens is 1. The van der Waals surface area contributed by atoms with E-state index in [2.05, 4.69) is 10.1 Å². The van der Waals surface area contributed by atoms with Gasteiger partial charge in [0, 0.05) is 18.7 Å². The van der Waals surface area contributed by atoms with Crippen LogP contribution in [0.2, 0.25) is 5.02 Å². The van der Waals surface area contributed by atoms with E-state index in [0.29, 0.717) is 16.4 Å². The monoisotopic (exact) mass is 341 g/mol. The number of hydrogen-bond donors (Lipinski definition) is 1. The highest BCUT2D eigenvalue weighted by molar-refractivity contribution is 7.89. The van der Waals surface area contributed by atoms with Gasteiger partial charge in [0.15, 0.2) is 0 Å². The molecule has 1 unspecified atom stereocenters. The quantitative estimate of drug-likeness (QED) is 0.863. The van der Waals surface area contributed by atoms with Crippen LogP contribution in [0.4, 0.5) is 5.69 Å². The third kappa shape index (κ3) is 2.70. The third-order valence-corrected chi connectivity index (χ3v) is 5.01. The molecule has 2 heterocycles. The summed E-state index contributed by atoms with van der Waals surface area (Å²) in [6, 6.07) is 4.94. The van der Waals surface area contributed by atoms with Crippen molar-refractivity contribution in [3.8, 4) is 5.69 Å². The molecule has 1 fully saturated rings. The number of carbonyl (C=O) groups is 1. The van der Waals surface area contributed by atoms with Gasteiger partial charge >= 0.3 is 0 Å². The lowest BCUT2D eigenvalue weighted by Gasteiger charge is -2.17. The molecule has 0 aliphatic carbocycles. The molecule has 0 spiro atoms. The van der Waals surface area contributed by atoms with Crippen molar-refractivity contribution in [2.75, 3.05) is 11.4 Å². The lowest BCUT2D eigenvalue weighted by molar-refractivity contribution is -0.117. The first kappa shape index (κ1) is 14.9. The summed E-state index contributed by atoms with van der Waals surface area (Å²) in [5, 5.41) is 8.56. The zero-order valence-corrected chi connectivity index (χ0v) is 12.8. The van der Waals surface area contributed by atoms with E-state index in [9.17, 15) is 13.2 Å². The zero-order chi connectivity index (χ0) is 15.9. The minimum atomic E-state index is -3.75. The number of aromatic nitrogens is 3. The molecule has 0 radical (unpaired) electrons. The van der Waals surface area contributed by atoms with Crippen LogP contribution in [0.25, 0.3) is 5.69 Å². The van der Waals surface area contributed by atoms with Gasteiger partial charge in [-0.1, -0.05) is 11.6 Å². The van der Waals surface area contributed by atoms with E-state index in [1.54, 1.807) is 18.2 Å². The molecule has 1 aromatic carbocycles. The van der Waals surface area contributed by atoms with Gasteiger partial charge < -0.3 is 4.90 Å². The summed E-state index contributed by atoms with van der Waals surface area (Å²) in [7, 11) is -3.75. The van der Waals surface area contributed by atoms with Gasteiger partial charge in [0.05, 0.1) is 10.7 Å². The molecule has 0 bridgehead atoms. The van der Waals surface area contributed by atoms with Crippen LogP contribution in [-0.4, -0.2) is 40.9 Å². The normalized spacial score (nSPS) is 18.9. The molecule has 0 saturated carbocycles. The Balaban J connectivity index is 1.90. The van der Waals surface area contributed by atoms with Gasteiger partial charge in [-0.2, -0.15) is 5.10 Å². The Hall–Kier alpha value is -1.97. The summed E-state index contributed by atoms with van der Waals surface area (Å²) in [5.41, 5.74) is 1.13. The van der Waals surface area contributed by atoms with Gasteiger partial charge in [0.1, 0.15) is 17.9 Å². The average Bonchev–Trinajstić information content (AvgIpc) is 3.07. The van der Waals surface area contributed by atoms with Crippen LogP contribution in [-0.2, 0) is 14.8 Å². The largest absolute Gasteiger partial charge is 0.311 e. The number of anilines is 1. The summed E-state index contributed by atoms with van der Waals surface area (Å²) in [6.45, 7) is 0.0245. The minimum absolute atomic E-state index is 0.0245. The van der Waals surface area contributed by atoms with Gasteiger partial charge in [-0.25, -0.2) is 23.2 Å². The summed E-state index contributed by atoms with van der Waals surface area (Å²) in [4.78, 5) is 17.2. The number of benzene rings is 1. The number of primary sulfonamides is 1. The van der Waals surface area contributed by atoms with E-state index in [4.69, 9.17) is 16.7 Å². The maximum Gasteiger partial charge on any atom is 0.228 e. The van der Waals surface area contributed by atoms with Crippen LogP contribution < -0.4 is 10.0 Å². The molecule has 116 valence electrons. The highest BCUT2D eigenvalue weighted by Crippen LogP contribution is 2.29. The van der Waals surface area contributed by atoms with Crippen LogP contribution in [0.5, 0.6) is 0 Å². The van der Waals surface area contributed by atoms with E-state index in [1.807, 2.05) is 0 Å². The molecule has 2 N–H and O–H groups in total. The Morgan fingerprint density at radius 3 is 2.68 bits per heavy atom. The minimum Gasteiger partial charge on any atom is -0.311 e. The fraction of sp³-hybridized carbons (Fsp3) is 0.250. The summed E-state index contributed by atoms with van der Waals surface area (Å²) < 4.78 is 24.3. The molecule has 1 atom stereocenters. The molecule has 1 aliphatic rings. The summed E-state index contributed by atoms with van der Waals surface area (Å²) in [6.07, 6.45) is 2.76. The molecule has 1 aromatic heterocycles. The van der Waals surface area contributed by atoms with Crippen molar-refractivity contribution in [2.24, 2.45) is 5.14 Å². The van der Waals surface area contributed by atoms with Crippen molar-refractivity contribution in [2.45, 2.75) is 11.7 Å². The van der Waals surface area contributed by atoms with E-state index >= 15 is 0 Å². The third-order valence-electron chi connectivity index (χ3n) is 3.46. The number of rotatable bonds is 3. The van der Waals surface area contributed by atoms with E-state index < -0.39 is 15.3 Å². The van der Waals surface area contributed by atoms with Crippen LogP contribution in [0.1, 0.15) is 6.42 Å². The standard InChI is InChI=1S/C12H12ClN5O3S/c13-10-3-8(1-2-11(10)18-7-15-6-16-18)17-5-9(4-12(17)19)22(14,20)21/h1-3,6-7,9H,4-5H2,(H2,14,20,21). The van der Waals surface area contributed by atoms with Crippen LogP contribution in [0.15, 0.2) is 30.9 Å². The summed E-state index contributed by atoms with van der Waals surface area (Å²) in [5.74, 6) is -0.302. The Morgan fingerprint density at radius 1 is 1.36 bits per heavy atom. The SMILES string of the molecule is NS(=O)(=O)C1CC(=O)N(c2ccc(-n3cncn3)c(Cl)c2)C1. The second-order valence-corrected chi connectivity index (χ2v) is 7.15. The Kier molecular flexibility index (Phi) is 3.63. The van der Waals surface area contributed by atoms with Gasteiger partial charge in [0.2, 0.25) is 15.9 Å². The number of hydrogen-bond acceptors (Lipinski definition) is 5. The van der Waals surface area contributed by atoms with E-state index in [0.717, 1.165) is 0 Å². The zero-order valence-electron chi connectivity index (χ0n) is 11.3. The fourth-order valence-electron chi connectivity index (χ4n) is 2.33. The van der Waals surface area contributed by atoms with Gasteiger partial charge in [-0.15, -0.1) is 0 Å². The highest BCUT2D eigenvalue weighted by Gasteiger charge is 2.37. The van der Waals surface area contributed by atoms with Gasteiger partial charge in [-0.3, -0.25) is 4.79 Å². The van der Waals surface area contributed by atoms with Crippen LogP contribution in [0, 0.1) is 0 Å². The smallest absolute Gasteiger partial charge is 0.228 e. The van der Waals surface area contributed by atoms with Crippen molar-refractivity contribution < 1.29 is 13.2 Å². The van der Waals surface area contributed by atoms with Crippen molar-refractivity contribution in [1.82, 2.24) is 14.8 Å². The summed E-state index contributed by atoms with van der Waals surface area (Å²) >= 11 is 6.20. The van der Waals surface area contributed by atoms with Crippen LogP contribution in [0.3, 0.4) is 0 Å². The predicted molar refractivity (Wildman–Crippen MR) is 80.2 cm³/mol. The van der Waals surface area contributed by atoms with Crippen molar-refractivity contribution in [3.63, 3.8) is 0 Å². The van der Waals surface area contributed by atoms with Gasteiger partial charge in [0.25, 0.3) is 0 Å². The molecule has 3 rings (SSSR count). The molecule has 1 amide bonds. The first-order valence-electron chi connectivity index (χ1n) is 6.33. The molecule has 1 aliphatic heterocycles. The molecule has 8 nitrogen and oxygen atoms in total. The Labute approximate surface area is 131 Å². The molecule has 22 heavy (non-hydrogen) atoms. The maximum absolute atomic E-state index is 12.0. The first-order chi connectivity index (χ1) is 10.4. The Bertz CT molecular complexity index is 821. The van der Waals surface area contributed by atoms with E-state index in [-0.39, 0.29) is 18.9 Å². The number of nitrogens with two attached hydrogens (primary N) is 1. The molecule has 1 saturated heterocycles. The number of carbonyl (C=O) groups excluding carboxylic acids is 1. The lowest BCUT2D eigenvalue weighted by Crippen LogP contribution is -2.32. The maximum atomic E-state index is 12.0. The average molecular weight is 342 g/mol.